The summed E-state index contributed by atoms with van der Waals surface area (Å²) in [4.78, 5) is 10.6. The number of halogens is 2. The molecule has 0 atom stereocenters. The van der Waals surface area contributed by atoms with Crippen molar-refractivity contribution in [1.82, 2.24) is 9.97 Å². The first-order valence-corrected chi connectivity index (χ1v) is 6.48. The highest BCUT2D eigenvalue weighted by molar-refractivity contribution is 5.89. The minimum Gasteiger partial charge on any atom is -0.356 e. The van der Waals surface area contributed by atoms with Gasteiger partial charge in [0.25, 0.3) is 0 Å². The predicted molar refractivity (Wildman–Crippen MR) is 70.5 cm³/mol. The minimum atomic E-state index is -2.20. The van der Waals surface area contributed by atoms with E-state index in [0.717, 1.165) is 16.7 Å². The van der Waals surface area contributed by atoms with Gasteiger partial charge in [-0.2, -0.15) is 0 Å². The van der Waals surface area contributed by atoms with Crippen LogP contribution in [0.4, 0.5) is 14.6 Å². The Kier molecular flexibility index (Phi) is 3.27. The average Bonchev–Trinajstić information content (AvgIpc) is 2.47. The number of alkyl halides is 2. The number of anilines is 1. The molecule has 0 aliphatic carbocycles. The third kappa shape index (κ3) is 2.37. The number of aromatic nitrogens is 2. The van der Waals surface area contributed by atoms with Crippen LogP contribution in [-0.2, 0) is 0 Å². The number of hydrogen-bond acceptors (Lipinski definition) is 3. The zero-order valence-electron chi connectivity index (χ0n) is 10.5. The van der Waals surface area contributed by atoms with Crippen molar-refractivity contribution in [2.24, 2.45) is 5.92 Å². The summed E-state index contributed by atoms with van der Waals surface area (Å²) in [6.45, 7) is 1.27. The number of benzene rings is 1. The van der Waals surface area contributed by atoms with Crippen molar-refractivity contribution in [3.8, 4) is 0 Å². The summed E-state index contributed by atoms with van der Waals surface area (Å²) in [5.74, 6) is 0.391. The van der Waals surface area contributed by atoms with E-state index in [4.69, 9.17) is 0 Å². The summed E-state index contributed by atoms with van der Waals surface area (Å²) in [5.41, 5.74) is 0.892. The average molecular weight is 263 g/mol. The third-order valence-corrected chi connectivity index (χ3v) is 3.72. The molecule has 0 bridgehead atoms. The molecule has 100 valence electrons. The molecule has 0 N–H and O–H groups in total. The van der Waals surface area contributed by atoms with Crippen LogP contribution in [0.2, 0.25) is 0 Å². The number of piperidine rings is 1. The van der Waals surface area contributed by atoms with Crippen LogP contribution in [0.3, 0.4) is 0 Å². The molecule has 1 aromatic carbocycles. The second-order valence-electron chi connectivity index (χ2n) is 4.87. The van der Waals surface area contributed by atoms with Gasteiger partial charge >= 0.3 is 0 Å². The van der Waals surface area contributed by atoms with Gasteiger partial charge in [-0.15, -0.1) is 0 Å². The Balaban J connectivity index is 1.86. The van der Waals surface area contributed by atoms with E-state index >= 15 is 0 Å². The summed E-state index contributed by atoms with van der Waals surface area (Å²) in [6.07, 6.45) is 0.382. The second-order valence-corrected chi connectivity index (χ2v) is 4.87. The van der Waals surface area contributed by atoms with Crippen molar-refractivity contribution in [2.75, 3.05) is 18.0 Å². The van der Waals surface area contributed by atoms with Gasteiger partial charge in [-0.25, -0.2) is 18.7 Å². The van der Waals surface area contributed by atoms with Gasteiger partial charge in [0.1, 0.15) is 12.1 Å². The minimum absolute atomic E-state index is 0.468. The van der Waals surface area contributed by atoms with Crippen LogP contribution in [0.15, 0.2) is 30.6 Å². The van der Waals surface area contributed by atoms with Gasteiger partial charge < -0.3 is 4.90 Å². The van der Waals surface area contributed by atoms with Crippen molar-refractivity contribution < 1.29 is 8.78 Å². The fraction of sp³-hybridized carbons (Fsp3) is 0.429. The lowest BCUT2D eigenvalue weighted by Gasteiger charge is -2.32. The number of para-hydroxylation sites is 1. The topological polar surface area (TPSA) is 29.0 Å². The van der Waals surface area contributed by atoms with Crippen molar-refractivity contribution in [1.29, 1.82) is 0 Å². The lowest BCUT2D eigenvalue weighted by Crippen LogP contribution is -2.36. The van der Waals surface area contributed by atoms with Gasteiger partial charge in [0.15, 0.2) is 0 Å². The van der Waals surface area contributed by atoms with Gasteiger partial charge in [-0.05, 0) is 25.0 Å². The monoisotopic (exact) mass is 263 g/mol. The van der Waals surface area contributed by atoms with Gasteiger partial charge in [0.2, 0.25) is 6.43 Å². The van der Waals surface area contributed by atoms with Gasteiger partial charge in [-0.3, -0.25) is 0 Å². The normalized spacial score (nSPS) is 17.3. The molecule has 1 saturated heterocycles. The van der Waals surface area contributed by atoms with Crippen LogP contribution in [0, 0.1) is 5.92 Å². The highest BCUT2D eigenvalue weighted by Gasteiger charge is 2.27. The molecule has 3 rings (SSSR count). The van der Waals surface area contributed by atoms with E-state index in [0.29, 0.717) is 25.9 Å². The Morgan fingerprint density at radius 2 is 1.84 bits per heavy atom. The maximum Gasteiger partial charge on any atom is 0.241 e. The number of hydrogen-bond donors (Lipinski definition) is 0. The molecule has 1 aliphatic rings. The van der Waals surface area contributed by atoms with E-state index < -0.39 is 12.3 Å². The molecule has 1 fully saturated rings. The molecule has 0 unspecified atom stereocenters. The summed E-state index contributed by atoms with van der Waals surface area (Å²) >= 11 is 0. The van der Waals surface area contributed by atoms with E-state index in [1.165, 1.54) is 6.33 Å². The van der Waals surface area contributed by atoms with Crippen LogP contribution < -0.4 is 4.90 Å². The lowest BCUT2D eigenvalue weighted by atomic mass is 9.97. The largest absolute Gasteiger partial charge is 0.356 e. The maximum atomic E-state index is 12.7. The lowest BCUT2D eigenvalue weighted by molar-refractivity contribution is 0.0635. The highest BCUT2D eigenvalue weighted by atomic mass is 19.3. The van der Waals surface area contributed by atoms with E-state index in [-0.39, 0.29) is 0 Å². The Morgan fingerprint density at radius 3 is 2.58 bits per heavy atom. The van der Waals surface area contributed by atoms with Crippen molar-refractivity contribution in [3.63, 3.8) is 0 Å². The van der Waals surface area contributed by atoms with Crippen LogP contribution in [0.25, 0.3) is 10.9 Å². The van der Waals surface area contributed by atoms with Crippen molar-refractivity contribution in [3.05, 3.63) is 30.6 Å². The summed E-state index contributed by atoms with van der Waals surface area (Å²) in [7, 11) is 0. The molecule has 5 heteroatoms. The first-order chi connectivity index (χ1) is 9.25. The molecule has 19 heavy (non-hydrogen) atoms. The van der Waals surface area contributed by atoms with Gasteiger partial charge in [-0.1, -0.05) is 12.1 Å². The molecule has 0 saturated carbocycles. The SMILES string of the molecule is FC(F)C1CCN(c2ncnc3ccccc23)CC1. The number of nitrogens with zero attached hydrogens (tertiary/aromatic N) is 3. The van der Waals surface area contributed by atoms with Crippen molar-refractivity contribution in [2.45, 2.75) is 19.3 Å². The van der Waals surface area contributed by atoms with Crippen LogP contribution in [0.5, 0.6) is 0 Å². The standard InChI is InChI=1S/C14H15F2N3/c15-13(16)10-5-7-19(8-6-10)14-11-3-1-2-4-12(11)17-9-18-14/h1-4,9-10,13H,5-8H2. The zero-order valence-corrected chi connectivity index (χ0v) is 10.5. The quantitative estimate of drug-likeness (QED) is 0.833. The van der Waals surface area contributed by atoms with E-state index in [2.05, 4.69) is 14.9 Å². The molecule has 2 aromatic rings. The molecule has 0 radical (unpaired) electrons. The van der Waals surface area contributed by atoms with Crippen LogP contribution in [0.1, 0.15) is 12.8 Å². The molecule has 1 aliphatic heterocycles. The number of rotatable bonds is 2. The molecule has 2 heterocycles. The van der Waals surface area contributed by atoms with Crippen LogP contribution >= 0.6 is 0 Å². The Bertz CT molecular complexity index is 560. The smallest absolute Gasteiger partial charge is 0.241 e. The Morgan fingerprint density at radius 1 is 1.11 bits per heavy atom. The Labute approximate surface area is 110 Å². The zero-order chi connectivity index (χ0) is 13.2. The van der Waals surface area contributed by atoms with E-state index in [1.807, 2.05) is 24.3 Å². The highest BCUT2D eigenvalue weighted by Crippen LogP contribution is 2.29. The summed E-state index contributed by atoms with van der Waals surface area (Å²) < 4.78 is 25.3. The fourth-order valence-corrected chi connectivity index (χ4v) is 2.61. The maximum absolute atomic E-state index is 12.7. The fourth-order valence-electron chi connectivity index (χ4n) is 2.61. The van der Waals surface area contributed by atoms with Gasteiger partial charge in [0, 0.05) is 24.4 Å². The molecule has 3 nitrogen and oxygen atoms in total. The molecular formula is C14H15F2N3. The van der Waals surface area contributed by atoms with Crippen molar-refractivity contribution >= 4 is 16.7 Å². The summed E-state index contributed by atoms with van der Waals surface area (Å²) in [5, 5.41) is 0.987. The Hall–Kier alpha value is -1.78. The molecular weight excluding hydrogens is 248 g/mol. The third-order valence-electron chi connectivity index (χ3n) is 3.72. The molecule has 1 aromatic heterocycles. The first-order valence-electron chi connectivity index (χ1n) is 6.48. The van der Waals surface area contributed by atoms with Gasteiger partial charge in [0.05, 0.1) is 5.52 Å². The second kappa shape index (κ2) is 5.07. The predicted octanol–water partition coefficient (Wildman–Crippen LogP) is 3.11. The van der Waals surface area contributed by atoms with E-state index in [1.54, 1.807) is 0 Å². The molecule has 0 spiro atoms. The van der Waals surface area contributed by atoms with E-state index in [9.17, 15) is 8.78 Å². The first kappa shape index (κ1) is 12.3. The summed E-state index contributed by atoms with van der Waals surface area (Å²) in [6, 6.07) is 7.79. The number of fused-ring (bicyclic) bond motifs is 1. The van der Waals surface area contributed by atoms with Crippen LogP contribution in [-0.4, -0.2) is 29.5 Å². The molecule has 0 amide bonds.